The van der Waals surface area contributed by atoms with Crippen LogP contribution < -0.4 is 10.6 Å². The Hall–Kier alpha value is -1.69. The molecule has 0 heterocycles. The molecule has 0 fully saturated rings. The number of carbonyl (C=O) groups is 2. The Labute approximate surface area is 167 Å². The first-order valence-corrected chi connectivity index (χ1v) is 9.80. The third-order valence-electron chi connectivity index (χ3n) is 3.56. The van der Waals surface area contributed by atoms with Gasteiger partial charge in [-0.15, -0.1) is 11.8 Å². The third kappa shape index (κ3) is 5.94. The van der Waals surface area contributed by atoms with Crippen LogP contribution in [0.1, 0.15) is 29.8 Å². The van der Waals surface area contributed by atoms with Crippen molar-refractivity contribution >= 4 is 46.8 Å². The summed E-state index contributed by atoms with van der Waals surface area (Å²) in [5, 5.41) is 6.44. The minimum atomic E-state index is -0.336. The topological polar surface area (TPSA) is 58.2 Å². The van der Waals surface area contributed by atoms with Crippen LogP contribution in [0.25, 0.3) is 0 Å². The lowest BCUT2D eigenvalue weighted by atomic mass is 10.1. The maximum Gasteiger partial charge on any atom is 0.251 e. The van der Waals surface area contributed by atoms with E-state index in [9.17, 15) is 9.59 Å². The van der Waals surface area contributed by atoms with E-state index in [1.807, 2.05) is 19.9 Å². The van der Waals surface area contributed by atoms with Gasteiger partial charge in [-0.25, -0.2) is 0 Å². The molecule has 1 atom stereocenters. The highest BCUT2D eigenvalue weighted by atomic mass is 35.5. The SMILES string of the molecule is CCNC(=O)c1cccc(CNC(=O)C(C)Sc2cc(Cl)ccc2Cl)c1. The lowest BCUT2D eigenvalue weighted by Gasteiger charge is -2.13. The Balaban J connectivity index is 1.94. The van der Waals surface area contributed by atoms with Crippen LogP contribution >= 0.6 is 35.0 Å². The fourth-order valence-electron chi connectivity index (χ4n) is 2.23. The Bertz CT molecular complexity index is 799. The molecule has 26 heavy (non-hydrogen) atoms. The fourth-order valence-corrected chi connectivity index (χ4v) is 3.66. The van der Waals surface area contributed by atoms with E-state index in [-0.39, 0.29) is 17.1 Å². The molecule has 138 valence electrons. The van der Waals surface area contributed by atoms with E-state index in [1.54, 1.807) is 36.4 Å². The largest absolute Gasteiger partial charge is 0.352 e. The number of amides is 2. The fraction of sp³-hybridized carbons (Fsp3) is 0.263. The third-order valence-corrected chi connectivity index (χ3v) is 5.40. The summed E-state index contributed by atoms with van der Waals surface area (Å²) >= 11 is 13.5. The number of hydrogen-bond donors (Lipinski definition) is 2. The highest BCUT2D eigenvalue weighted by Crippen LogP contribution is 2.32. The second-order valence-electron chi connectivity index (χ2n) is 5.61. The molecule has 0 saturated carbocycles. The van der Waals surface area contributed by atoms with Gasteiger partial charge >= 0.3 is 0 Å². The average Bonchev–Trinajstić information content (AvgIpc) is 2.63. The minimum absolute atomic E-state index is 0.116. The zero-order valence-corrected chi connectivity index (χ0v) is 16.8. The molecule has 0 aliphatic carbocycles. The molecule has 7 heteroatoms. The van der Waals surface area contributed by atoms with E-state index in [4.69, 9.17) is 23.2 Å². The van der Waals surface area contributed by atoms with E-state index >= 15 is 0 Å². The molecule has 2 aromatic carbocycles. The second kappa shape index (κ2) is 9.86. The van der Waals surface area contributed by atoms with Gasteiger partial charge < -0.3 is 10.6 Å². The molecule has 0 radical (unpaired) electrons. The summed E-state index contributed by atoms with van der Waals surface area (Å²) in [4.78, 5) is 25.0. The van der Waals surface area contributed by atoms with Crippen molar-refractivity contribution in [1.29, 1.82) is 0 Å². The van der Waals surface area contributed by atoms with Crippen molar-refractivity contribution in [2.45, 2.75) is 30.5 Å². The number of hydrogen-bond acceptors (Lipinski definition) is 3. The first-order chi connectivity index (χ1) is 12.4. The van der Waals surface area contributed by atoms with Crippen LogP contribution in [0.5, 0.6) is 0 Å². The summed E-state index contributed by atoms with van der Waals surface area (Å²) < 4.78 is 0. The lowest BCUT2D eigenvalue weighted by molar-refractivity contribution is -0.120. The van der Waals surface area contributed by atoms with Gasteiger partial charge in [0, 0.05) is 28.6 Å². The summed E-state index contributed by atoms with van der Waals surface area (Å²) in [5.74, 6) is -0.241. The summed E-state index contributed by atoms with van der Waals surface area (Å²) in [6.07, 6.45) is 0. The molecule has 2 N–H and O–H groups in total. The molecule has 2 aromatic rings. The number of benzene rings is 2. The van der Waals surface area contributed by atoms with Crippen molar-refractivity contribution in [2.75, 3.05) is 6.54 Å². The van der Waals surface area contributed by atoms with Crippen molar-refractivity contribution < 1.29 is 9.59 Å². The van der Waals surface area contributed by atoms with Crippen LogP contribution in [0.15, 0.2) is 47.4 Å². The van der Waals surface area contributed by atoms with Gasteiger partial charge in [0.1, 0.15) is 0 Å². The van der Waals surface area contributed by atoms with Crippen molar-refractivity contribution in [3.8, 4) is 0 Å². The van der Waals surface area contributed by atoms with E-state index in [0.717, 1.165) is 10.5 Å². The first-order valence-electron chi connectivity index (χ1n) is 8.17. The van der Waals surface area contributed by atoms with Crippen LogP contribution in [-0.4, -0.2) is 23.6 Å². The number of carbonyl (C=O) groups excluding carboxylic acids is 2. The quantitative estimate of drug-likeness (QED) is 0.658. The standard InChI is InChI=1S/C19H20Cl2N2O2S/c1-3-22-19(25)14-6-4-5-13(9-14)11-23-18(24)12(2)26-17-10-15(20)7-8-16(17)21/h4-10,12H,3,11H2,1-2H3,(H,22,25)(H,23,24). The summed E-state index contributed by atoms with van der Waals surface area (Å²) in [7, 11) is 0. The van der Waals surface area contributed by atoms with Gasteiger partial charge in [-0.3, -0.25) is 9.59 Å². The van der Waals surface area contributed by atoms with Gasteiger partial charge in [0.05, 0.1) is 10.3 Å². The summed E-state index contributed by atoms with van der Waals surface area (Å²) in [6.45, 7) is 4.59. The predicted octanol–water partition coefficient (Wildman–Crippen LogP) is 4.54. The molecular formula is C19H20Cl2N2O2S. The van der Waals surface area contributed by atoms with Gasteiger partial charge in [0.15, 0.2) is 0 Å². The van der Waals surface area contributed by atoms with Crippen LogP contribution in [0.4, 0.5) is 0 Å². The molecule has 0 spiro atoms. The van der Waals surface area contributed by atoms with Crippen LogP contribution in [0.2, 0.25) is 10.0 Å². The Morgan fingerprint density at radius 1 is 1.12 bits per heavy atom. The second-order valence-corrected chi connectivity index (χ2v) is 7.84. The van der Waals surface area contributed by atoms with Crippen LogP contribution in [-0.2, 0) is 11.3 Å². The van der Waals surface area contributed by atoms with Crippen molar-refractivity contribution in [3.05, 3.63) is 63.6 Å². The van der Waals surface area contributed by atoms with Crippen molar-refractivity contribution in [3.63, 3.8) is 0 Å². The number of halogens is 2. The Morgan fingerprint density at radius 2 is 1.88 bits per heavy atom. The highest BCUT2D eigenvalue weighted by molar-refractivity contribution is 8.00. The Morgan fingerprint density at radius 3 is 2.62 bits per heavy atom. The molecule has 4 nitrogen and oxygen atoms in total. The first kappa shape index (κ1) is 20.6. The monoisotopic (exact) mass is 410 g/mol. The van der Waals surface area contributed by atoms with E-state index in [2.05, 4.69) is 10.6 Å². The van der Waals surface area contributed by atoms with E-state index in [1.165, 1.54) is 11.8 Å². The van der Waals surface area contributed by atoms with Gasteiger partial charge in [-0.2, -0.15) is 0 Å². The normalized spacial score (nSPS) is 11.7. The van der Waals surface area contributed by atoms with Gasteiger partial charge in [-0.05, 0) is 49.7 Å². The molecule has 0 aliphatic heterocycles. The van der Waals surface area contributed by atoms with Gasteiger partial charge in [0.2, 0.25) is 5.91 Å². The number of thioether (sulfide) groups is 1. The zero-order chi connectivity index (χ0) is 19.1. The Kier molecular flexibility index (Phi) is 7.82. The highest BCUT2D eigenvalue weighted by Gasteiger charge is 2.16. The summed E-state index contributed by atoms with van der Waals surface area (Å²) in [5.41, 5.74) is 1.44. The molecule has 0 aromatic heterocycles. The van der Waals surface area contributed by atoms with E-state index in [0.29, 0.717) is 28.7 Å². The maximum atomic E-state index is 12.4. The smallest absolute Gasteiger partial charge is 0.251 e. The van der Waals surface area contributed by atoms with Crippen molar-refractivity contribution in [2.24, 2.45) is 0 Å². The number of rotatable bonds is 7. The molecule has 2 amide bonds. The van der Waals surface area contributed by atoms with Crippen LogP contribution in [0.3, 0.4) is 0 Å². The van der Waals surface area contributed by atoms with Gasteiger partial charge in [0.25, 0.3) is 5.91 Å². The zero-order valence-electron chi connectivity index (χ0n) is 14.5. The minimum Gasteiger partial charge on any atom is -0.352 e. The number of nitrogens with one attached hydrogen (secondary N) is 2. The van der Waals surface area contributed by atoms with Gasteiger partial charge in [-0.1, -0.05) is 35.3 Å². The molecule has 0 saturated heterocycles. The molecule has 1 unspecified atom stereocenters. The predicted molar refractivity (Wildman–Crippen MR) is 108 cm³/mol. The maximum absolute atomic E-state index is 12.4. The molecule has 0 bridgehead atoms. The lowest BCUT2D eigenvalue weighted by Crippen LogP contribution is -2.30. The average molecular weight is 411 g/mol. The summed E-state index contributed by atoms with van der Waals surface area (Å²) in [6, 6.07) is 12.4. The molecular weight excluding hydrogens is 391 g/mol. The van der Waals surface area contributed by atoms with E-state index < -0.39 is 0 Å². The molecule has 2 rings (SSSR count). The molecule has 0 aliphatic rings. The van der Waals surface area contributed by atoms with Crippen LogP contribution in [0, 0.1) is 0 Å². The van der Waals surface area contributed by atoms with Crippen molar-refractivity contribution in [1.82, 2.24) is 10.6 Å².